The van der Waals surface area contributed by atoms with Crippen LogP contribution < -0.4 is 10.9 Å². The zero-order valence-electron chi connectivity index (χ0n) is 13.4. The molecule has 0 bridgehead atoms. The number of carbonyl (C=O) groups is 1. The molecular weight excluding hydrogens is 322 g/mol. The number of aromatic nitrogens is 2. The third-order valence-electron chi connectivity index (χ3n) is 3.68. The maximum atomic E-state index is 12.2. The number of nitrogens with one attached hydrogen (secondary N) is 2. The number of pyridine rings is 1. The molecule has 0 radical (unpaired) electrons. The molecule has 2 aromatic heterocycles. The maximum absolute atomic E-state index is 12.2. The Kier molecular flexibility index (Phi) is 4.57. The van der Waals surface area contributed by atoms with Crippen molar-refractivity contribution in [2.75, 3.05) is 5.32 Å². The highest BCUT2D eigenvalue weighted by atomic mass is 32.1. The molecular formula is C18H17N3O2S. The molecule has 0 atom stereocenters. The fraction of sp³-hybridized carbons (Fsp3) is 0.167. The molecule has 0 aliphatic rings. The maximum Gasteiger partial charge on any atom is 0.263 e. The molecule has 0 saturated carbocycles. The predicted molar refractivity (Wildman–Crippen MR) is 96.7 cm³/mol. The van der Waals surface area contributed by atoms with Crippen molar-refractivity contribution in [3.63, 3.8) is 0 Å². The fourth-order valence-electron chi connectivity index (χ4n) is 2.29. The molecule has 5 nitrogen and oxygen atoms in total. The molecule has 0 spiro atoms. The van der Waals surface area contributed by atoms with Crippen LogP contribution in [0.3, 0.4) is 0 Å². The summed E-state index contributed by atoms with van der Waals surface area (Å²) >= 11 is 1.33. The van der Waals surface area contributed by atoms with Gasteiger partial charge in [0.2, 0.25) is 0 Å². The number of nitrogens with zero attached hydrogens (tertiary/aromatic N) is 1. The lowest BCUT2D eigenvalue weighted by molar-refractivity contribution is 0.102. The van der Waals surface area contributed by atoms with Crippen molar-refractivity contribution in [3.8, 4) is 11.3 Å². The second-order valence-corrected chi connectivity index (χ2v) is 6.28. The van der Waals surface area contributed by atoms with E-state index in [1.165, 1.54) is 23.0 Å². The third-order valence-corrected chi connectivity index (χ3v) is 4.44. The van der Waals surface area contributed by atoms with Crippen LogP contribution >= 0.6 is 11.3 Å². The van der Waals surface area contributed by atoms with Gasteiger partial charge in [0, 0.05) is 16.6 Å². The average molecular weight is 339 g/mol. The monoisotopic (exact) mass is 339 g/mol. The summed E-state index contributed by atoms with van der Waals surface area (Å²) in [5.74, 6) is -0.460. The standard InChI is InChI=1S/C18H17N3O2S/c1-3-12-5-7-13(8-6-12)15-10-24-18(20-15)21-17(23)14-9-4-11(2)19-16(14)22/h4-10H,3H2,1-2H3,(H,19,22)(H,20,21,23). The molecule has 24 heavy (non-hydrogen) atoms. The highest BCUT2D eigenvalue weighted by molar-refractivity contribution is 7.14. The zero-order valence-corrected chi connectivity index (χ0v) is 14.2. The number of hydrogen-bond donors (Lipinski definition) is 2. The van der Waals surface area contributed by atoms with Crippen LogP contribution in [0.25, 0.3) is 11.3 Å². The van der Waals surface area contributed by atoms with Gasteiger partial charge in [0.15, 0.2) is 5.13 Å². The Balaban J connectivity index is 1.78. The van der Waals surface area contributed by atoms with Crippen molar-refractivity contribution in [1.82, 2.24) is 9.97 Å². The number of benzene rings is 1. The van der Waals surface area contributed by atoms with Crippen LogP contribution in [0.15, 0.2) is 46.6 Å². The van der Waals surface area contributed by atoms with E-state index in [0.717, 1.165) is 17.7 Å². The van der Waals surface area contributed by atoms with Crippen molar-refractivity contribution in [2.45, 2.75) is 20.3 Å². The molecule has 0 aliphatic heterocycles. The summed E-state index contributed by atoms with van der Waals surface area (Å²) in [5, 5.41) is 5.03. The second kappa shape index (κ2) is 6.80. The summed E-state index contributed by atoms with van der Waals surface area (Å²) in [6.07, 6.45) is 0.990. The lowest BCUT2D eigenvalue weighted by Gasteiger charge is -2.02. The normalized spacial score (nSPS) is 10.6. The number of amides is 1. The molecule has 1 aromatic carbocycles. The van der Waals surface area contributed by atoms with Gasteiger partial charge in [-0.25, -0.2) is 4.98 Å². The van der Waals surface area contributed by atoms with E-state index in [1.54, 1.807) is 13.0 Å². The quantitative estimate of drug-likeness (QED) is 0.762. The number of aromatic amines is 1. The summed E-state index contributed by atoms with van der Waals surface area (Å²) in [6, 6.07) is 11.4. The minimum absolute atomic E-state index is 0.0737. The van der Waals surface area contributed by atoms with E-state index in [-0.39, 0.29) is 5.56 Å². The summed E-state index contributed by atoms with van der Waals surface area (Å²) in [4.78, 5) is 31.1. The molecule has 3 aromatic rings. The van der Waals surface area contributed by atoms with Gasteiger partial charge in [-0.05, 0) is 31.0 Å². The van der Waals surface area contributed by atoms with E-state index in [4.69, 9.17) is 0 Å². The van der Waals surface area contributed by atoms with Crippen molar-refractivity contribution >= 4 is 22.4 Å². The molecule has 0 saturated heterocycles. The van der Waals surface area contributed by atoms with E-state index in [1.807, 2.05) is 17.5 Å². The van der Waals surface area contributed by atoms with Gasteiger partial charge in [0.1, 0.15) is 5.56 Å². The SMILES string of the molecule is CCc1ccc(-c2csc(NC(=O)c3ccc(C)[nH]c3=O)n2)cc1. The minimum Gasteiger partial charge on any atom is -0.326 e. The van der Waals surface area contributed by atoms with Gasteiger partial charge in [-0.3, -0.25) is 14.9 Å². The van der Waals surface area contributed by atoms with Crippen LogP contribution in [0.1, 0.15) is 28.5 Å². The number of thiazole rings is 1. The molecule has 0 aliphatic carbocycles. The summed E-state index contributed by atoms with van der Waals surface area (Å²) in [7, 11) is 0. The summed E-state index contributed by atoms with van der Waals surface area (Å²) in [6.45, 7) is 3.87. The summed E-state index contributed by atoms with van der Waals surface area (Å²) in [5.41, 5.74) is 3.45. The predicted octanol–water partition coefficient (Wildman–Crippen LogP) is 3.62. The Morgan fingerprint density at radius 1 is 1.21 bits per heavy atom. The zero-order chi connectivity index (χ0) is 17.1. The highest BCUT2D eigenvalue weighted by Gasteiger charge is 2.13. The number of hydrogen-bond acceptors (Lipinski definition) is 4. The first-order valence-electron chi connectivity index (χ1n) is 7.63. The Morgan fingerprint density at radius 2 is 1.96 bits per heavy atom. The second-order valence-electron chi connectivity index (χ2n) is 5.43. The van der Waals surface area contributed by atoms with Gasteiger partial charge in [-0.15, -0.1) is 11.3 Å². The Labute approximate surface area is 143 Å². The average Bonchev–Trinajstić information content (AvgIpc) is 3.03. The number of rotatable bonds is 4. The Morgan fingerprint density at radius 3 is 2.62 bits per heavy atom. The summed E-state index contributed by atoms with van der Waals surface area (Å²) < 4.78 is 0. The van der Waals surface area contributed by atoms with Gasteiger partial charge in [-0.1, -0.05) is 31.2 Å². The number of aryl methyl sites for hydroxylation is 2. The number of carbonyl (C=O) groups excluding carboxylic acids is 1. The molecule has 0 unspecified atom stereocenters. The van der Waals surface area contributed by atoms with Crippen molar-refractivity contribution in [3.05, 3.63) is 69.0 Å². The van der Waals surface area contributed by atoms with Gasteiger partial charge in [0.25, 0.3) is 11.5 Å². The van der Waals surface area contributed by atoms with Crippen LogP contribution in [0, 0.1) is 6.92 Å². The largest absolute Gasteiger partial charge is 0.326 e. The topological polar surface area (TPSA) is 74.8 Å². The smallest absolute Gasteiger partial charge is 0.263 e. The van der Waals surface area contributed by atoms with E-state index >= 15 is 0 Å². The van der Waals surface area contributed by atoms with Crippen molar-refractivity contribution < 1.29 is 4.79 Å². The molecule has 3 rings (SSSR count). The minimum atomic E-state index is -0.460. The van der Waals surface area contributed by atoms with Crippen molar-refractivity contribution in [1.29, 1.82) is 0 Å². The van der Waals surface area contributed by atoms with E-state index < -0.39 is 11.5 Å². The lowest BCUT2D eigenvalue weighted by atomic mass is 10.1. The number of anilines is 1. The van der Waals surface area contributed by atoms with Crippen LogP contribution in [0.4, 0.5) is 5.13 Å². The Hall–Kier alpha value is -2.73. The first-order valence-corrected chi connectivity index (χ1v) is 8.51. The third kappa shape index (κ3) is 3.44. The van der Waals surface area contributed by atoms with Crippen LogP contribution in [0.2, 0.25) is 0 Å². The molecule has 6 heteroatoms. The fourth-order valence-corrected chi connectivity index (χ4v) is 3.01. The molecule has 122 valence electrons. The Bertz CT molecular complexity index is 926. The molecule has 2 N–H and O–H groups in total. The lowest BCUT2D eigenvalue weighted by Crippen LogP contribution is -2.23. The first-order chi connectivity index (χ1) is 11.6. The van der Waals surface area contributed by atoms with E-state index in [2.05, 4.69) is 34.3 Å². The molecule has 1 amide bonds. The van der Waals surface area contributed by atoms with E-state index in [0.29, 0.717) is 10.8 Å². The first kappa shape index (κ1) is 16.1. The van der Waals surface area contributed by atoms with Crippen molar-refractivity contribution in [2.24, 2.45) is 0 Å². The van der Waals surface area contributed by atoms with E-state index in [9.17, 15) is 9.59 Å². The molecule has 2 heterocycles. The van der Waals surface area contributed by atoms with Crippen LogP contribution in [-0.2, 0) is 6.42 Å². The highest BCUT2D eigenvalue weighted by Crippen LogP contribution is 2.25. The van der Waals surface area contributed by atoms with Crippen LogP contribution in [-0.4, -0.2) is 15.9 Å². The van der Waals surface area contributed by atoms with Gasteiger partial charge in [0.05, 0.1) is 5.69 Å². The number of H-pyrrole nitrogens is 1. The van der Waals surface area contributed by atoms with Gasteiger partial charge < -0.3 is 4.98 Å². The van der Waals surface area contributed by atoms with Gasteiger partial charge >= 0.3 is 0 Å². The van der Waals surface area contributed by atoms with Gasteiger partial charge in [-0.2, -0.15) is 0 Å². The molecule has 0 fully saturated rings. The van der Waals surface area contributed by atoms with Crippen LogP contribution in [0.5, 0.6) is 0 Å².